The van der Waals surface area contributed by atoms with Gasteiger partial charge in [-0.25, -0.2) is 18.2 Å². The highest BCUT2D eigenvalue weighted by Crippen LogP contribution is 2.37. The molecule has 2 aliphatic rings. The van der Waals surface area contributed by atoms with E-state index in [1.54, 1.807) is 25.8 Å². The second-order valence-corrected chi connectivity index (χ2v) is 8.03. The van der Waals surface area contributed by atoms with Crippen molar-refractivity contribution in [2.24, 2.45) is 0 Å². The third-order valence-corrected chi connectivity index (χ3v) is 5.79. The Balaban J connectivity index is 1.44. The number of anilines is 3. The Morgan fingerprint density at radius 1 is 1.19 bits per heavy atom. The quantitative estimate of drug-likeness (QED) is 0.677. The molecule has 1 unspecified atom stereocenters. The molecule has 4 rings (SSSR count). The second kappa shape index (κ2) is 8.45. The Morgan fingerprint density at radius 3 is 2.47 bits per heavy atom. The number of carbonyl (C=O) groups excluding carboxylic acids is 1. The van der Waals surface area contributed by atoms with E-state index in [-0.39, 0.29) is 30.5 Å². The van der Waals surface area contributed by atoms with E-state index in [0.717, 1.165) is 12.1 Å². The van der Waals surface area contributed by atoms with Crippen LogP contribution in [0.25, 0.3) is 0 Å². The van der Waals surface area contributed by atoms with E-state index in [4.69, 9.17) is 9.47 Å². The largest absolute Gasteiger partial charge is 0.490 e. The molecule has 2 heterocycles. The summed E-state index contributed by atoms with van der Waals surface area (Å²) in [5, 5.41) is 3.24. The van der Waals surface area contributed by atoms with Crippen molar-refractivity contribution in [1.29, 1.82) is 0 Å². The Labute approximate surface area is 183 Å². The lowest BCUT2D eigenvalue weighted by molar-refractivity contribution is -0.120. The first-order valence-corrected chi connectivity index (χ1v) is 10.2. The molecule has 0 spiro atoms. The molecule has 1 aromatic heterocycles. The monoisotopic (exact) mass is 451 g/mol. The molecule has 1 fully saturated rings. The number of likely N-dealkylation sites (N-methyl/N-ethyl adjacent to an activating group) is 1. The summed E-state index contributed by atoms with van der Waals surface area (Å²) in [6.45, 7) is 3.70. The van der Waals surface area contributed by atoms with E-state index in [0.29, 0.717) is 36.0 Å². The van der Waals surface area contributed by atoms with Gasteiger partial charge < -0.3 is 19.7 Å². The van der Waals surface area contributed by atoms with Gasteiger partial charge in [0.25, 0.3) is 5.91 Å². The van der Waals surface area contributed by atoms with E-state index in [1.807, 2.05) is 0 Å². The minimum absolute atomic E-state index is 0.00405. The molecule has 1 atom stereocenters. The average molecular weight is 451 g/mol. The molecule has 1 amide bonds. The number of halogens is 3. The molecule has 1 aliphatic heterocycles. The summed E-state index contributed by atoms with van der Waals surface area (Å²) >= 11 is 0. The van der Waals surface area contributed by atoms with Gasteiger partial charge in [0.15, 0.2) is 23.3 Å². The summed E-state index contributed by atoms with van der Waals surface area (Å²) in [6.07, 6.45) is 0.842. The first kappa shape index (κ1) is 22.1. The highest BCUT2D eigenvalue weighted by molar-refractivity contribution is 6.05. The Kier molecular flexibility index (Phi) is 5.85. The number of nitrogens with zero attached hydrogens (tertiary/aromatic N) is 4. The zero-order valence-electron chi connectivity index (χ0n) is 18.2. The molecule has 0 saturated heterocycles. The molecule has 11 heteroatoms. The minimum Gasteiger partial charge on any atom is -0.490 e. The van der Waals surface area contributed by atoms with Gasteiger partial charge in [-0.1, -0.05) is 0 Å². The second-order valence-electron chi connectivity index (χ2n) is 8.03. The highest BCUT2D eigenvalue weighted by Gasteiger charge is 2.37. The molecular weight excluding hydrogens is 427 g/mol. The fraction of sp³-hybridized carbons (Fsp3) is 0.476. The Hall–Kier alpha value is -3.08. The van der Waals surface area contributed by atoms with Crippen molar-refractivity contribution in [3.63, 3.8) is 0 Å². The minimum atomic E-state index is -1.52. The smallest absolute Gasteiger partial charge is 0.251 e. The van der Waals surface area contributed by atoms with Crippen LogP contribution in [-0.4, -0.2) is 55.0 Å². The number of carbonyl (C=O) groups is 1. The molecule has 8 nitrogen and oxygen atoms in total. The predicted octanol–water partition coefficient (Wildman–Crippen LogP) is 3.00. The van der Waals surface area contributed by atoms with Crippen LogP contribution >= 0.6 is 0 Å². The van der Waals surface area contributed by atoms with Crippen LogP contribution in [0, 0.1) is 24.4 Å². The zero-order chi connectivity index (χ0) is 23.2. The summed E-state index contributed by atoms with van der Waals surface area (Å²) in [7, 11) is 3.32. The molecule has 2 aromatic rings. The fourth-order valence-corrected chi connectivity index (χ4v) is 3.88. The van der Waals surface area contributed by atoms with Gasteiger partial charge in [-0.15, -0.1) is 0 Å². The summed E-state index contributed by atoms with van der Waals surface area (Å²) in [6, 6.07) is 1.26. The van der Waals surface area contributed by atoms with Gasteiger partial charge in [0, 0.05) is 45.2 Å². The fourth-order valence-electron chi connectivity index (χ4n) is 3.88. The van der Waals surface area contributed by atoms with Crippen LogP contribution in [0.3, 0.4) is 0 Å². The van der Waals surface area contributed by atoms with Gasteiger partial charge in [-0.2, -0.15) is 4.98 Å². The predicted molar refractivity (Wildman–Crippen MR) is 111 cm³/mol. The highest BCUT2D eigenvalue weighted by atomic mass is 19.2. The molecule has 1 aromatic carbocycles. The van der Waals surface area contributed by atoms with E-state index < -0.39 is 23.5 Å². The number of nitrogens with one attached hydrogen (secondary N) is 1. The van der Waals surface area contributed by atoms with E-state index in [2.05, 4.69) is 15.3 Å². The first-order chi connectivity index (χ1) is 15.2. The van der Waals surface area contributed by atoms with Crippen molar-refractivity contribution in [2.75, 3.05) is 36.0 Å². The van der Waals surface area contributed by atoms with Crippen molar-refractivity contribution in [3.8, 4) is 5.75 Å². The number of benzene rings is 1. The number of aromatic nitrogens is 2. The lowest BCUT2D eigenvalue weighted by Gasteiger charge is -2.39. The molecule has 0 bridgehead atoms. The number of hydrogen-bond donors (Lipinski definition) is 1. The summed E-state index contributed by atoms with van der Waals surface area (Å²) in [5.41, 5.74) is 1.24. The normalized spacial score (nSPS) is 22.5. The van der Waals surface area contributed by atoms with Crippen LogP contribution in [0.1, 0.15) is 25.5 Å². The van der Waals surface area contributed by atoms with Crippen LogP contribution in [0.2, 0.25) is 0 Å². The van der Waals surface area contributed by atoms with Gasteiger partial charge in [-0.3, -0.25) is 9.69 Å². The van der Waals surface area contributed by atoms with Crippen LogP contribution < -0.4 is 19.9 Å². The molecule has 32 heavy (non-hydrogen) atoms. The molecular formula is C21H24F3N5O3. The third-order valence-electron chi connectivity index (χ3n) is 5.79. The Morgan fingerprint density at radius 2 is 1.84 bits per heavy atom. The molecule has 172 valence electrons. The van der Waals surface area contributed by atoms with Gasteiger partial charge in [-0.05, 0) is 13.8 Å². The summed E-state index contributed by atoms with van der Waals surface area (Å²) in [5.74, 6) is -3.21. The van der Waals surface area contributed by atoms with E-state index in [9.17, 15) is 18.0 Å². The number of ether oxygens (including phenoxy) is 2. The summed E-state index contributed by atoms with van der Waals surface area (Å²) < 4.78 is 50.5. The third kappa shape index (κ3) is 3.92. The number of aryl methyl sites for hydroxylation is 1. The summed E-state index contributed by atoms with van der Waals surface area (Å²) in [4.78, 5) is 25.1. The number of rotatable bonds is 6. The van der Waals surface area contributed by atoms with Gasteiger partial charge in [0.1, 0.15) is 30.3 Å². The molecule has 0 radical (unpaired) electrons. The lowest BCUT2D eigenvalue weighted by Crippen LogP contribution is -2.52. The lowest BCUT2D eigenvalue weighted by atomic mass is 9.89. The maximum Gasteiger partial charge on any atom is 0.251 e. The number of hydrogen-bond acceptors (Lipinski definition) is 7. The maximum absolute atomic E-state index is 13.4. The van der Waals surface area contributed by atoms with Crippen molar-refractivity contribution >= 4 is 23.4 Å². The molecule has 1 saturated carbocycles. The van der Waals surface area contributed by atoms with Gasteiger partial charge in [0.2, 0.25) is 5.95 Å². The van der Waals surface area contributed by atoms with Crippen LogP contribution in [0.5, 0.6) is 5.75 Å². The van der Waals surface area contributed by atoms with Gasteiger partial charge in [0.05, 0.1) is 5.69 Å². The van der Waals surface area contributed by atoms with Crippen LogP contribution in [0.15, 0.2) is 12.1 Å². The van der Waals surface area contributed by atoms with Crippen molar-refractivity contribution < 1.29 is 27.4 Å². The number of fused-ring (bicyclic) bond motifs is 1. The molecule has 1 N–H and O–H groups in total. The number of amides is 1. The van der Waals surface area contributed by atoms with E-state index >= 15 is 0 Å². The number of methoxy groups -OCH3 is 1. The molecule has 1 aliphatic carbocycles. The zero-order valence-corrected chi connectivity index (χ0v) is 18.2. The topological polar surface area (TPSA) is 79.8 Å². The van der Waals surface area contributed by atoms with E-state index in [1.165, 1.54) is 12.0 Å². The SMILES string of the molecule is COCN1C(=O)C(C)N(C)c2nc(N[C@H]3C[C@H](Oc4cc(F)c(F)c(F)c4)C3)nc(C)c21. The van der Waals surface area contributed by atoms with Gasteiger partial charge >= 0.3 is 0 Å². The Bertz CT molecular complexity index is 1020. The standard InChI is InChI=1S/C21H24F3N5O3/c1-10-18-19(28(3)11(2)20(30)29(18)9-31-4)27-21(25-10)26-12-5-13(6-12)32-14-7-15(22)17(24)16(23)8-14/h7-8,11-13H,5-6,9H2,1-4H3,(H,25,26,27)/t11?,12-,13-. The van der Waals surface area contributed by atoms with Crippen molar-refractivity contribution in [3.05, 3.63) is 35.3 Å². The van der Waals surface area contributed by atoms with Crippen LogP contribution in [0.4, 0.5) is 30.6 Å². The van der Waals surface area contributed by atoms with Crippen molar-refractivity contribution in [2.45, 2.75) is 44.9 Å². The first-order valence-electron chi connectivity index (χ1n) is 10.2. The average Bonchev–Trinajstić information content (AvgIpc) is 2.72. The van der Waals surface area contributed by atoms with Crippen molar-refractivity contribution in [1.82, 2.24) is 9.97 Å². The maximum atomic E-state index is 13.4. The van der Waals surface area contributed by atoms with Crippen LogP contribution in [-0.2, 0) is 9.53 Å².